The number of rotatable bonds is 8. The maximum absolute atomic E-state index is 5.07. The van der Waals surface area contributed by atoms with E-state index in [1.54, 1.807) is 0 Å². The highest BCUT2D eigenvalue weighted by molar-refractivity contribution is 4.97. The minimum absolute atomic E-state index is 1.29. The molecular formula is C10H20O6. The molecule has 0 atom stereocenters. The molecule has 0 aromatic rings. The van der Waals surface area contributed by atoms with Crippen molar-refractivity contribution in [3.05, 3.63) is 12.2 Å². The molecule has 16 heavy (non-hydrogen) atoms. The van der Waals surface area contributed by atoms with Crippen LogP contribution >= 0.6 is 0 Å². The Bertz CT molecular complexity index is 169. The summed E-state index contributed by atoms with van der Waals surface area (Å²) < 4.78 is 30.4. The van der Waals surface area contributed by atoms with Crippen LogP contribution in [0.3, 0.4) is 0 Å². The number of methoxy groups -OCH3 is 6. The lowest BCUT2D eigenvalue weighted by Gasteiger charge is -2.29. The minimum atomic E-state index is -1.29. The van der Waals surface area contributed by atoms with Gasteiger partial charge < -0.3 is 28.4 Å². The van der Waals surface area contributed by atoms with Gasteiger partial charge in [0.2, 0.25) is 0 Å². The monoisotopic (exact) mass is 236 g/mol. The molecule has 0 fully saturated rings. The van der Waals surface area contributed by atoms with Gasteiger partial charge in [-0.05, 0) is 0 Å². The van der Waals surface area contributed by atoms with E-state index in [2.05, 4.69) is 0 Å². The molecule has 0 saturated carbocycles. The summed E-state index contributed by atoms with van der Waals surface area (Å²) >= 11 is 0. The third-order valence-electron chi connectivity index (χ3n) is 2.20. The lowest BCUT2D eigenvalue weighted by Crippen LogP contribution is -2.38. The molecule has 0 aromatic carbocycles. The van der Waals surface area contributed by atoms with Gasteiger partial charge in [-0.15, -0.1) is 0 Å². The fourth-order valence-corrected chi connectivity index (χ4v) is 1.11. The van der Waals surface area contributed by atoms with Crippen molar-refractivity contribution in [2.75, 3.05) is 42.7 Å². The van der Waals surface area contributed by atoms with Crippen molar-refractivity contribution in [3.8, 4) is 0 Å². The fraction of sp³-hybridized carbons (Fsp3) is 0.800. The van der Waals surface area contributed by atoms with Gasteiger partial charge in [0.1, 0.15) is 0 Å². The van der Waals surface area contributed by atoms with Gasteiger partial charge in [-0.1, -0.05) is 0 Å². The second-order valence-electron chi connectivity index (χ2n) is 2.77. The van der Waals surface area contributed by atoms with E-state index in [9.17, 15) is 0 Å². The molecule has 0 spiro atoms. The quantitative estimate of drug-likeness (QED) is 0.457. The predicted molar refractivity (Wildman–Crippen MR) is 56.7 cm³/mol. The molecule has 0 rings (SSSR count). The van der Waals surface area contributed by atoms with Crippen LogP contribution in [0, 0.1) is 0 Å². The van der Waals surface area contributed by atoms with Crippen LogP contribution in [0.15, 0.2) is 12.2 Å². The highest BCUT2D eigenvalue weighted by Gasteiger charge is 2.31. The van der Waals surface area contributed by atoms with Gasteiger partial charge in [0, 0.05) is 54.8 Å². The predicted octanol–water partition coefficient (Wildman–Crippen LogP) is 0.729. The van der Waals surface area contributed by atoms with Gasteiger partial charge in [0.05, 0.1) is 0 Å². The summed E-state index contributed by atoms with van der Waals surface area (Å²) in [5.74, 6) is -2.58. The molecule has 0 aliphatic heterocycles. The first-order chi connectivity index (χ1) is 7.57. The van der Waals surface area contributed by atoms with Gasteiger partial charge in [-0.2, -0.15) is 0 Å². The molecule has 6 nitrogen and oxygen atoms in total. The molecule has 0 aliphatic carbocycles. The van der Waals surface area contributed by atoms with Crippen molar-refractivity contribution in [1.29, 1.82) is 0 Å². The molecule has 0 bridgehead atoms. The molecule has 0 amide bonds. The van der Waals surface area contributed by atoms with E-state index >= 15 is 0 Å². The van der Waals surface area contributed by atoms with Gasteiger partial charge in [0.25, 0.3) is 0 Å². The van der Waals surface area contributed by atoms with Gasteiger partial charge in [-0.25, -0.2) is 0 Å². The zero-order valence-corrected chi connectivity index (χ0v) is 10.6. The molecule has 0 aromatic heterocycles. The SMILES string of the molecule is COC(C=CC(OC)(OC)OC)(OC)OC. The largest absolute Gasteiger partial charge is 0.327 e. The number of hydrogen-bond acceptors (Lipinski definition) is 6. The summed E-state index contributed by atoms with van der Waals surface area (Å²) in [4.78, 5) is 0. The first-order valence-corrected chi connectivity index (χ1v) is 4.58. The Kier molecular flexibility index (Phi) is 6.73. The molecule has 0 aliphatic rings. The summed E-state index contributed by atoms with van der Waals surface area (Å²) in [6, 6.07) is 0. The van der Waals surface area contributed by atoms with Crippen LogP contribution in [-0.4, -0.2) is 54.6 Å². The van der Waals surface area contributed by atoms with E-state index in [-0.39, 0.29) is 0 Å². The Morgan fingerprint density at radius 1 is 0.500 bits per heavy atom. The van der Waals surface area contributed by atoms with Crippen molar-refractivity contribution >= 4 is 0 Å². The fourth-order valence-electron chi connectivity index (χ4n) is 1.11. The van der Waals surface area contributed by atoms with Crippen molar-refractivity contribution in [3.63, 3.8) is 0 Å². The lowest BCUT2D eigenvalue weighted by atomic mass is 10.4. The smallest absolute Gasteiger partial charge is 0.304 e. The van der Waals surface area contributed by atoms with E-state index in [1.165, 1.54) is 54.8 Å². The van der Waals surface area contributed by atoms with Crippen LogP contribution in [0.2, 0.25) is 0 Å². The molecule has 0 unspecified atom stereocenters. The van der Waals surface area contributed by atoms with E-state index in [1.807, 2.05) is 0 Å². The maximum Gasteiger partial charge on any atom is 0.304 e. The Hall–Kier alpha value is -0.500. The summed E-state index contributed by atoms with van der Waals surface area (Å²) in [6.07, 6.45) is 2.98. The van der Waals surface area contributed by atoms with Crippen molar-refractivity contribution in [1.82, 2.24) is 0 Å². The second kappa shape index (κ2) is 6.95. The Balaban J connectivity index is 4.88. The third kappa shape index (κ3) is 3.51. The molecular weight excluding hydrogens is 216 g/mol. The summed E-state index contributed by atoms with van der Waals surface area (Å²) in [5, 5.41) is 0. The standard InChI is InChI=1S/C10H20O6/c1-11-9(12-2,13-3)7-8-10(14-4,15-5)16-6/h7-8H,1-6H3. The summed E-state index contributed by atoms with van der Waals surface area (Å²) in [5.41, 5.74) is 0. The van der Waals surface area contributed by atoms with Crippen molar-refractivity contribution < 1.29 is 28.4 Å². The highest BCUT2D eigenvalue weighted by atomic mass is 16.9. The van der Waals surface area contributed by atoms with Crippen LogP contribution in [-0.2, 0) is 28.4 Å². The minimum Gasteiger partial charge on any atom is -0.327 e. The average Bonchev–Trinajstić information content (AvgIpc) is 2.37. The Morgan fingerprint density at radius 2 is 0.688 bits per heavy atom. The topological polar surface area (TPSA) is 55.4 Å². The zero-order valence-electron chi connectivity index (χ0n) is 10.6. The Morgan fingerprint density at radius 3 is 0.812 bits per heavy atom. The van der Waals surface area contributed by atoms with E-state index in [0.29, 0.717) is 0 Å². The zero-order chi connectivity index (χ0) is 12.7. The van der Waals surface area contributed by atoms with Crippen LogP contribution in [0.1, 0.15) is 0 Å². The van der Waals surface area contributed by atoms with Crippen LogP contribution < -0.4 is 0 Å². The van der Waals surface area contributed by atoms with Crippen LogP contribution in [0.25, 0.3) is 0 Å². The van der Waals surface area contributed by atoms with Gasteiger partial charge in [0.15, 0.2) is 0 Å². The van der Waals surface area contributed by atoms with Crippen LogP contribution in [0.5, 0.6) is 0 Å². The first-order valence-electron chi connectivity index (χ1n) is 4.58. The highest BCUT2D eigenvalue weighted by Crippen LogP contribution is 2.19. The second-order valence-corrected chi connectivity index (χ2v) is 2.77. The van der Waals surface area contributed by atoms with Crippen LogP contribution in [0.4, 0.5) is 0 Å². The maximum atomic E-state index is 5.07. The molecule has 0 saturated heterocycles. The molecule has 0 radical (unpaired) electrons. The average molecular weight is 236 g/mol. The summed E-state index contributed by atoms with van der Waals surface area (Å²) in [7, 11) is 8.70. The number of ether oxygens (including phenoxy) is 6. The van der Waals surface area contributed by atoms with E-state index < -0.39 is 11.9 Å². The molecule has 0 N–H and O–H groups in total. The third-order valence-corrected chi connectivity index (χ3v) is 2.20. The molecule has 6 heteroatoms. The number of hydrogen-bond donors (Lipinski definition) is 0. The summed E-state index contributed by atoms with van der Waals surface area (Å²) in [6.45, 7) is 0. The van der Waals surface area contributed by atoms with E-state index in [4.69, 9.17) is 28.4 Å². The van der Waals surface area contributed by atoms with Gasteiger partial charge >= 0.3 is 11.9 Å². The molecule has 0 heterocycles. The van der Waals surface area contributed by atoms with Crippen molar-refractivity contribution in [2.24, 2.45) is 0 Å². The first kappa shape index (κ1) is 15.5. The van der Waals surface area contributed by atoms with Gasteiger partial charge in [-0.3, -0.25) is 0 Å². The lowest BCUT2D eigenvalue weighted by molar-refractivity contribution is -0.331. The Labute approximate surface area is 96.0 Å². The van der Waals surface area contributed by atoms with E-state index in [0.717, 1.165) is 0 Å². The molecule has 96 valence electrons. The normalized spacial score (nSPS) is 13.6. The van der Waals surface area contributed by atoms with Crippen molar-refractivity contribution in [2.45, 2.75) is 11.9 Å².